The first kappa shape index (κ1) is 19.2. The van der Waals surface area contributed by atoms with Crippen LogP contribution in [-0.2, 0) is 14.4 Å². The molecule has 0 heterocycles. The maximum absolute atomic E-state index is 12.2. The number of carboxylic acid groups (broad SMARTS) is 1. The smallest absolute Gasteiger partial charge is 0.327 e. The number of nitrogens with two attached hydrogens (primary N) is 2. The van der Waals surface area contributed by atoms with Gasteiger partial charge in [0.1, 0.15) is 6.04 Å². The Labute approximate surface area is 127 Å². The summed E-state index contributed by atoms with van der Waals surface area (Å²) in [5.41, 5.74) is 9.58. The Bertz CT molecular complexity index is 379. The van der Waals surface area contributed by atoms with Gasteiger partial charge < -0.3 is 21.9 Å². The molecule has 0 fully saturated rings. The van der Waals surface area contributed by atoms with Crippen LogP contribution in [0, 0.1) is 0 Å². The molecule has 0 unspecified atom stereocenters. The van der Waals surface area contributed by atoms with Gasteiger partial charge in [-0.15, -0.1) is 0 Å². The second-order valence-electron chi connectivity index (χ2n) is 4.41. The number of nitrogens with one attached hydrogen (secondary N) is 1. The summed E-state index contributed by atoms with van der Waals surface area (Å²) in [4.78, 5) is 35.1. The molecule has 0 spiro atoms. The second kappa shape index (κ2) is 8.50. The predicted octanol–water partition coefficient (Wildman–Crippen LogP) is -1.15. The number of aliphatic carboxylic acids is 1. The molecule has 0 aliphatic heterocycles. The van der Waals surface area contributed by atoms with E-state index in [4.69, 9.17) is 16.6 Å². The Kier molecular flexibility index (Phi) is 8.17. The normalized spacial score (nSPS) is 16.9. The molecule has 0 saturated carbocycles. The number of carbonyl (C=O) groups is 3. The molecule has 7 nitrogen and oxygen atoms in total. The number of ketones is 1. The molecule has 0 saturated heterocycles. The van der Waals surface area contributed by atoms with Gasteiger partial charge in [-0.25, -0.2) is 4.79 Å². The van der Waals surface area contributed by atoms with Crippen molar-refractivity contribution in [2.75, 3.05) is 17.8 Å². The van der Waals surface area contributed by atoms with Crippen LogP contribution < -0.4 is 16.8 Å². The third-order valence-electron chi connectivity index (χ3n) is 2.74. The molecular weight excluding hydrogens is 302 g/mol. The van der Waals surface area contributed by atoms with Crippen molar-refractivity contribution < 1.29 is 19.5 Å². The average molecular weight is 323 g/mol. The fraction of sp³-hybridized carbons (Fsp3) is 0.727. The lowest BCUT2D eigenvalue weighted by atomic mass is 9.87. The molecule has 0 aliphatic rings. The SMILES string of the molecule is CSCC[C@](N)(C(=O)N[C@@H](CS)C(=O)O)C(=O)[C@H](C)N. The van der Waals surface area contributed by atoms with Crippen molar-refractivity contribution in [3.05, 3.63) is 0 Å². The van der Waals surface area contributed by atoms with Crippen LogP contribution in [0.5, 0.6) is 0 Å². The van der Waals surface area contributed by atoms with Gasteiger partial charge in [-0.1, -0.05) is 0 Å². The molecule has 0 rings (SSSR count). The van der Waals surface area contributed by atoms with Crippen LogP contribution >= 0.6 is 24.4 Å². The number of Topliss-reactive ketones (excluding diaryl/α,β-unsaturated/α-hetero) is 1. The van der Waals surface area contributed by atoms with Crippen LogP contribution in [-0.4, -0.2) is 58.2 Å². The van der Waals surface area contributed by atoms with Crippen molar-refractivity contribution in [1.82, 2.24) is 5.32 Å². The highest BCUT2D eigenvalue weighted by Crippen LogP contribution is 2.15. The Morgan fingerprint density at radius 1 is 1.45 bits per heavy atom. The van der Waals surface area contributed by atoms with Crippen molar-refractivity contribution in [3.8, 4) is 0 Å². The summed E-state index contributed by atoms with van der Waals surface area (Å²) in [7, 11) is 0. The van der Waals surface area contributed by atoms with Crippen molar-refractivity contribution in [1.29, 1.82) is 0 Å². The number of thioether (sulfide) groups is 1. The zero-order chi connectivity index (χ0) is 15.9. The highest BCUT2D eigenvalue weighted by Gasteiger charge is 2.43. The summed E-state index contributed by atoms with van der Waals surface area (Å²) in [5.74, 6) is -2.33. The molecule has 0 aromatic heterocycles. The maximum atomic E-state index is 12.2. The van der Waals surface area contributed by atoms with Crippen LogP contribution in [0.3, 0.4) is 0 Å². The largest absolute Gasteiger partial charge is 0.480 e. The molecule has 3 atom stereocenters. The van der Waals surface area contributed by atoms with Gasteiger partial charge in [-0.3, -0.25) is 9.59 Å². The average Bonchev–Trinajstić information content (AvgIpc) is 2.40. The first-order valence-electron chi connectivity index (χ1n) is 5.93. The fourth-order valence-electron chi connectivity index (χ4n) is 1.49. The zero-order valence-electron chi connectivity index (χ0n) is 11.5. The number of hydrogen-bond donors (Lipinski definition) is 5. The molecule has 20 heavy (non-hydrogen) atoms. The molecule has 0 aliphatic carbocycles. The fourth-order valence-corrected chi connectivity index (χ4v) is 2.26. The van der Waals surface area contributed by atoms with E-state index < -0.39 is 35.3 Å². The minimum Gasteiger partial charge on any atom is -0.480 e. The van der Waals surface area contributed by atoms with Crippen molar-refractivity contribution in [3.63, 3.8) is 0 Å². The maximum Gasteiger partial charge on any atom is 0.327 e. The highest BCUT2D eigenvalue weighted by atomic mass is 32.2. The lowest BCUT2D eigenvalue weighted by Crippen LogP contribution is -2.65. The van der Waals surface area contributed by atoms with Crippen LogP contribution in [0.2, 0.25) is 0 Å². The van der Waals surface area contributed by atoms with E-state index in [1.807, 2.05) is 6.26 Å². The van der Waals surface area contributed by atoms with Gasteiger partial charge in [0.15, 0.2) is 11.3 Å². The van der Waals surface area contributed by atoms with E-state index >= 15 is 0 Å². The first-order valence-corrected chi connectivity index (χ1v) is 7.95. The third-order valence-corrected chi connectivity index (χ3v) is 3.72. The van der Waals surface area contributed by atoms with Gasteiger partial charge in [0.2, 0.25) is 5.91 Å². The quantitative estimate of drug-likeness (QED) is 0.267. The number of amides is 1. The number of thiol groups is 1. The van der Waals surface area contributed by atoms with E-state index in [0.717, 1.165) is 0 Å². The number of carboxylic acids is 1. The van der Waals surface area contributed by atoms with Crippen LogP contribution in [0.1, 0.15) is 13.3 Å². The molecule has 0 aromatic carbocycles. The Balaban J connectivity index is 5.16. The van der Waals surface area contributed by atoms with E-state index in [-0.39, 0.29) is 12.2 Å². The molecule has 0 aromatic rings. The molecule has 9 heteroatoms. The third kappa shape index (κ3) is 4.97. The van der Waals surface area contributed by atoms with Crippen LogP contribution in [0.4, 0.5) is 0 Å². The van der Waals surface area contributed by atoms with Gasteiger partial charge in [0, 0.05) is 5.75 Å². The van der Waals surface area contributed by atoms with Crippen molar-refractivity contribution in [2.24, 2.45) is 11.5 Å². The summed E-state index contributed by atoms with van der Waals surface area (Å²) >= 11 is 5.26. The second-order valence-corrected chi connectivity index (χ2v) is 5.76. The van der Waals surface area contributed by atoms with Gasteiger partial charge in [0.25, 0.3) is 0 Å². The standard InChI is InChI=1S/C11H21N3O4S2/c1-6(12)8(15)11(13,3-4-20-2)10(18)14-7(5-19)9(16)17/h6-7,19H,3-5,12-13H2,1-2H3,(H,14,18)(H,16,17)/t6-,7-,11+/m0/s1. The molecule has 0 bridgehead atoms. The van der Waals surface area contributed by atoms with E-state index in [0.29, 0.717) is 5.75 Å². The minimum atomic E-state index is -1.83. The molecule has 6 N–H and O–H groups in total. The summed E-state index contributed by atoms with van der Waals surface area (Å²) in [6, 6.07) is -2.11. The van der Waals surface area contributed by atoms with E-state index in [1.54, 1.807) is 0 Å². The lowest BCUT2D eigenvalue weighted by molar-refractivity contribution is -0.144. The molecule has 1 amide bonds. The van der Waals surface area contributed by atoms with Crippen molar-refractivity contribution in [2.45, 2.75) is 31.0 Å². The van der Waals surface area contributed by atoms with E-state index in [9.17, 15) is 14.4 Å². The first-order chi connectivity index (χ1) is 9.20. The molecule has 0 radical (unpaired) electrons. The Morgan fingerprint density at radius 2 is 2.00 bits per heavy atom. The lowest BCUT2D eigenvalue weighted by Gasteiger charge is -2.29. The molecular formula is C11H21N3O4S2. The van der Waals surface area contributed by atoms with Crippen LogP contribution in [0.15, 0.2) is 0 Å². The molecule has 116 valence electrons. The highest BCUT2D eigenvalue weighted by molar-refractivity contribution is 7.98. The number of rotatable bonds is 9. The number of carbonyl (C=O) groups excluding carboxylic acids is 2. The minimum absolute atomic E-state index is 0.0826. The van der Waals surface area contributed by atoms with Gasteiger partial charge in [-0.05, 0) is 25.4 Å². The summed E-state index contributed by atoms with van der Waals surface area (Å²) in [6.07, 6.45) is 1.89. The van der Waals surface area contributed by atoms with E-state index in [2.05, 4.69) is 17.9 Å². The van der Waals surface area contributed by atoms with Gasteiger partial charge >= 0.3 is 5.97 Å². The Morgan fingerprint density at radius 3 is 2.35 bits per heavy atom. The Hall–Kier alpha value is -0.770. The zero-order valence-corrected chi connectivity index (χ0v) is 13.2. The monoisotopic (exact) mass is 323 g/mol. The predicted molar refractivity (Wildman–Crippen MR) is 82.0 cm³/mol. The summed E-state index contributed by atoms with van der Waals surface area (Å²) in [5, 5.41) is 11.1. The topological polar surface area (TPSA) is 136 Å². The summed E-state index contributed by atoms with van der Waals surface area (Å²) < 4.78 is 0. The van der Waals surface area contributed by atoms with Gasteiger partial charge in [0.05, 0.1) is 6.04 Å². The van der Waals surface area contributed by atoms with Crippen LogP contribution in [0.25, 0.3) is 0 Å². The van der Waals surface area contributed by atoms with Crippen molar-refractivity contribution >= 4 is 42.1 Å². The summed E-state index contributed by atoms with van der Waals surface area (Å²) in [6.45, 7) is 1.43. The number of hydrogen-bond acceptors (Lipinski definition) is 7. The van der Waals surface area contributed by atoms with Gasteiger partial charge in [-0.2, -0.15) is 24.4 Å². The van der Waals surface area contributed by atoms with E-state index in [1.165, 1.54) is 18.7 Å².